The van der Waals surface area contributed by atoms with Crippen LogP contribution in [0.4, 0.5) is 5.69 Å². The number of hydrogen-bond donors (Lipinski definition) is 0. The Bertz CT molecular complexity index is 736. The SMILES string of the molecule is COc1ccc(N(CC(Br)CBr)S(=O)(=O)Cc2ccccc2)cc1. The van der Waals surface area contributed by atoms with Gasteiger partial charge in [0.1, 0.15) is 5.75 Å². The lowest BCUT2D eigenvalue weighted by Crippen LogP contribution is -2.37. The van der Waals surface area contributed by atoms with Crippen molar-refractivity contribution in [1.29, 1.82) is 0 Å². The molecule has 4 nitrogen and oxygen atoms in total. The zero-order valence-electron chi connectivity index (χ0n) is 13.2. The largest absolute Gasteiger partial charge is 0.497 e. The molecule has 0 saturated carbocycles. The van der Waals surface area contributed by atoms with Gasteiger partial charge in [-0.15, -0.1) is 0 Å². The van der Waals surface area contributed by atoms with Crippen molar-refractivity contribution < 1.29 is 13.2 Å². The number of benzene rings is 2. The Balaban J connectivity index is 2.33. The minimum Gasteiger partial charge on any atom is -0.497 e. The summed E-state index contributed by atoms with van der Waals surface area (Å²) in [6.45, 7) is 0.340. The van der Waals surface area contributed by atoms with Gasteiger partial charge in [-0.1, -0.05) is 62.2 Å². The fraction of sp³-hybridized carbons (Fsp3) is 0.294. The standard InChI is InChI=1S/C17H19Br2NO3S/c1-23-17-9-7-16(8-10-17)20(12-15(19)11-18)24(21,22)13-14-5-3-2-4-6-14/h2-10,15H,11-13H2,1H3. The second kappa shape index (κ2) is 8.87. The van der Waals surface area contributed by atoms with Gasteiger partial charge in [-0.05, 0) is 29.8 Å². The number of nitrogens with zero attached hydrogens (tertiary/aromatic N) is 1. The maximum absolute atomic E-state index is 13.0. The molecule has 0 aliphatic heterocycles. The molecule has 130 valence electrons. The van der Waals surface area contributed by atoms with Crippen LogP contribution < -0.4 is 9.04 Å². The molecule has 2 aromatic carbocycles. The Morgan fingerprint density at radius 2 is 1.71 bits per heavy atom. The average Bonchev–Trinajstić information content (AvgIpc) is 2.60. The molecule has 2 rings (SSSR count). The van der Waals surface area contributed by atoms with E-state index in [-0.39, 0.29) is 10.6 Å². The van der Waals surface area contributed by atoms with Crippen LogP contribution in [0.3, 0.4) is 0 Å². The van der Waals surface area contributed by atoms with Gasteiger partial charge in [0.05, 0.1) is 18.6 Å². The molecule has 0 spiro atoms. The van der Waals surface area contributed by atoms with Crippen LogP contribution in [0.25, 0.3) is 0 Å². The number of rotatable bonds is 8. The van der Waals surface area contributed by atoms with Crippen LogP contribution in [0.5, 0.6) is 5.75 Å². The number of alkyl halides is 2. The lowest BCUT2D eigenvalue weighted by atomic mass is 10.2. The molecule has 1 atom stereocenters. The van der Waals surface area contributed by atoms with Gasteiger partial charge in [0.2, 0.25) is 10.0 Å². The van der Waals surface area contributed by atoms with Crippen molar-refractivity contribution >= 4 is 47.6 Å². The highest BCUT2D eigenvalue weighted by Crippen LogP contribution is 2.25. The van der Waals surface area contributed by atoms with Crippen LogP contribution in [0.15, 0.2) is 54.6 Å². The smallest absolute Gasteiger partial charge is 0.239 e. The summed E-state index contributed by atoms with van der Waals surface area (Å²) in [7, 11) is -1.93. The summed E-state index contributed by atoms with van der Waals surface area (Å²) in [5, 5.41) is 0.653. The van der Waals surface area contributed by atoms with Crippen molar-refractivity contribution in [3.05, 3.63) is 60.2 Å². The first kappa shape index (κ1) is 19.3. The molecule has 0 amide bonds. The molecule has 0 saturated heterocycles. The van der Waals surface area contributed by atoms with Crippen molar-refractivity contribution in [3.63, 3.8) is 0 Å². The summed E-state index contributed by atoms with van der Waals surface area (Å²) in [4.78, 5) is 0.00477. The van der Waals surface area contributed by atoms with Gasteiger partial charge in [0, 0.05) is 16.7 Å². The lowest BCUT2D eigenvalue weighted by Gasteiger charge is -2.26. The van der Waals surface area contributed by atoms with Crippen LogP contribution >= 0.6 is 31.9 Å². The minimum absolute atomic E-state index is 0.00477. The maximum atomic E-state index is 13.0. The van der Waals surface area contributed by atoms with E-state index in [1.165, 1.54) is 4.31 Å². The summed E-state index contributed by atoms with van der Waals surface area (Å²) < 4.78 is 32.5. The molecule has 1 unspecified atom stereocenters. The third-order valence-electron chi connectivity index (χ3n) is 3.42. The molecule has 0 fully saturated rings. The Hall–Kier alpha value is -1.05. The van der Waals surface area contributed by atoms with Crippen LogP contribution in [0.2, 0.25) is 0 Å². The summed E-state index contributed by atoms with van der Waals surface area (Å²) in [6, 6.07) is 16.2. The quantitative estimate of drug-likeness (QED) is 0.536. The molecule has 0 heterocycles. The zero-order valence-corrected chi connectivity index (χ0v) is 17.2. The van der Waals surface area contributed by atoms with E-state index in [4.69, 9.17) is 4.74 Å². The number of halogens is 2. The van der Waals surface area contributed by atoms with E-state index in [2.05, 4.69) is 31.9 Å². The number of hydrogen-bond acceptors (Lipinski definition) is 3. The van der Waals surface area contributed by atoms with Crippen LogP contribution in [-0.4, -0.2) is 32.2 Å². The van der Waals surface area contributed by atoms with Crippen molar-refractivity contribution in [2.75, 3.05) is 23.3 Å². The van der Waals surface area contributed by atoms with Crippen molar-refractivity contribution in [3.8, 4) is 5.75 Å². The van der Waals surface area contributed by atoms with E-state index in [0.717, 1.165) is 5.56 Å². The van der Waals surface area contributed by atoms with Crippen LogP contribution in [0.1, 0.15) is 5.56 Å². The highest BCUT2D eigenvalue weighted by molar-refractivity contribution is 9.12. The zero-order chi connectivity index (χ0) is 17.6. The summed E-state index contributed by atoms with van der Waals surface area (Å²) in [5.74, 6) is 0.650. The van der Waals surface area contributed by atoms with Crippen molar-refractivity contribution in [2.24, 2.45) is 0 Å². The second-order valence-corrected chi connectivity index (χ2v) is 9.06. The maximum Gasteiger partial charge on any atom is 0.239 e. The predicted octanol–water partition coefficient (Wildman–Crippen LogP) is 4.19. The molecule has 0 aliphatic rings. The first-order valence-electron chi connectivity index (χ1n) is 7.34. The Morgan fingerprint density at radius 3 is 2.25 bits per heavy atom. The third kappa shape index (κ3) is 5.22. The molecule has 2 aromatic rings. The van der Waals surface area contributed by atoms with Gasteiger partial charge >= 0.3 is 0 Å². The number of sulfonamides is 1. The highest BCUT2D eigenvalue weighted by atomic mass is 79.9. The fourth-order valence-corrected chi connectivity index (χ4v) is 4.53. The Labute approximate surface area is 160 Å². The Kier molecular flexibility index (Phi) is 7.13. The van der Waals surface area contributed by atoms with E-state index < -0.39 is 10.0 Å². The molecule has 0 bridgehead atoms. The van der Waals surface area contributed by atoms with Gasteiger partial charge < -0.3 is 4.74 Å². The van der Waals surface area contributed by atoms with Gasteiger partial charge in [0.15, 0.2) is 0 Å². The number of methoxy groups -OCH3 is 1. The topological polar surface area (TPSA) is 46.6 Å². The molecule has 0 radical (unpaired) electrons. The van der Waals surface area contributed by atoms with Crippen molar-refractivity contribution in [2.45, 2.75) is 10.6 Å². The molecule has 0 N–H and O–H groups in total. The first-order chi connectivity index (χ1) is 11.5. The number of ether oxygens (including phenoxy) is 1. The molecular weight excluding hydrogens is 458 g/mol. The van der Waals surface area contributed by atoms with Crippen LogP contribution in [0, 0.1) is 0 Å². The van der Waals surface area contributed by atoms with E-state index in [0.29, 0.717) is 23.3 Å². The van der Waals surface area contributed by atoms with E-state index in [1.54, 1.807) is 31.4 Å². The second-order valence-electron chi connectivity index (χ2n) is 5.22. The van der Waals surface area contributed by atoms with Gasteiger partial charge in [-0.2, -0.15) is 0 Å². The predicted molar refractivity (Wildman–Crippen MR) is 106 cm³/mol. The molecule has 0 aliphatic carbocycles. The molecule has 0 aromatic heterocycles. The van der Waals surface area contributed by atoms with Crippen LogP contribution in [-0.2, 0) is 15.8 Å². The summed E-state index contributed by atoms with van der Waals surface area (Å²) >= 11 is 6.89. The summed E-state index contributed by atoms with van der Waals surface area (Å²) in [6.07, 6.45) is 0. The monoisotopic (exact) mass is 475 g/mol. The lowest BCUT2D eigenvalue weighted by molar-refractivity contribution is 0.415. The average molecular weight is 477 g/mol. The molecular formula is C17H19Br2NO3S. The normalized spacial score (nSPS) is 12.6. The third-order valence-corrected chi connectivity index (χ3v) is 7.41. The molecule has 7 heteroatoms. The van der Waals surface area contributed by atoms with E-state index in [1.807, 2.05) is 30.3 Å². The highest BCUT2D eigenvalue weighted by Gasteiger charge is 2.25. The summed E-state index contributed by atoms with van der Waals surface area (Å²) in [5.41, 5.74) is 1.39. The van der Waals surface area contributed by atoms with Gasteiger partial charge in [-0.25, -0.2) is 8.42 Å². The van der Waals surface area contributed by atoms with E-state index in [9.17, 15) is 8.42 Å². The fourth-order valence-electron chi connectivity index (χ4n) is 2.22. The minimum atomic E-state index is -3.51. The van der Waals surface area contributed by atoms with Crippen molar-refractivity contribution in [1.82, 2.24) is 0 Å². The first-order valence-corrected chi connectivity index (χ1v) is 11.0. The molecule has 24 heavy (non-hydrogen) atoms. The van der Waals surface area contributed by atoms with E-state index >= 15 is 0 Å². The number of anilines is 1. The Morgan fingerprint density at radius 1 is 1.08 bits per heavy atom. The van der Waals surface area contributed by atoms with Gasteiger partial charge in [-0.3, -0.25) is 4.31 Å². The van der Waals surface area contributed by atoms with Gasteiger partial charge in [0.25, 0.3) is 0 Å².